The van der Waals surface area contributed by atoms with Crippen LogP contribution in [0.5, 0.6) is 0 Å². The van der Waals surface area contributed by atoms with E-state index >= 15 is 0 Å². The molecule has 0 aliphatic heterocycles. The third-order valence-corrected chi connectivity index (χ3v) is 1.53. The van der Waals surface area contributed by atoms with Gasteiger partial charge in [-0.05, 0) is 18.6 Å². The minimum atomic E-state index is -0.691. The SMILES string of the molecule is COC(=O)N=Nc1ccccc1C. The van der Waals surface area contributed by atoms with Crippen LogP contribution in [0.1, 0.15) is 5.56 Å². The summed E-state index contributed by atoms with van der Waals surface area (Å²) in [6.07, 6.45) is -0.691. The third-order valence-electron chi connectivity index (χ3n) is 1.53. The van der Waals surface area contributed by atoms with Gasteiger partial charge in [-0.25, -0.2) is 4.79 Å². The molecule has 0 bridgehead atoms. The van der Waals surface area contributed by atoms with Crippen LogP contribution in [0.25, 0.3) is 0 Å². The Morgan fingerprint density at radius 3 is 2.69 bits per heavy atom. The predicted molar refractivity (Wildman–Crippen MR) is 48.1 cm³/mol. The molecule has 0 heterocycles. The van der Waals surface area contributed by atoms with Gasteiger partial charge in [0.1, 0.15) is 0 Å². The Kier molecular flexibility index (Phi) is 3.14. The van der Waals surface area contributed by atoms with Crippen molar-refractivity contribution in [2.24, 2.45) is 10.2 Å². The first kappa shape index (κ1) is 9.38. The van der Waals surface area contributed by atoms with Gasteiger partial charge in [-0.2, -0.15) is 0 Å². The topological polar surface area (TPSA) is 51.0 Å². The summed E-state index contributed by atoms with van der Waals surface area (Å²) in [7, 11) is 1.26. The average molecular weight is 178 g/mol. The smallest absolute Gasteiger partial charge is 0.450 e. The Morgan fingerprint density at radius 2 is 2.08 bits per heavy atom. The van der Waals surface area contributed by atoms with Gasteiger partial charge in [-0.3, -0.25) is 0 Å². The molecule has 4 heteroatoms. The highest BCUT2D eigenvalue weighted by Crippen LogP contribution is 2.17. The molecule has 0 unspecified atom stereocenters. The first-order chi connectivity index (χ1) is 6.24. The molecule has 4 nitrogen and oxygen atoms in total. The standard InChI is InChI=1S/C9H10N2O2/c1-7-5-3-4-6-8(7)10-11-9(12)13-2/h3-6H,1-2H3. The maximum atomic E-state index is 10.6. The van der Waals surface area contributed by atoms with Gasteiger partial charge in [0.15, 0.2) is 0 Å². The highest BCUT2D eigenvalue weighted by Gasteiger charge is 1.96. The molecule has 1 aromatic rings. The largest absolute Gasteiger partial charge is 0.452 e. The summed E-state index contributed by atoms with van der Waals surface area (Å²) in [5.41, 5.74) is 1.64. The Labute approximate surface area is 76.2 Å². The van der Waals surface area contributed by atoms with Crippen LogP contribution in [0, 0.1) is 6.92 Å². The molecule has 1 amide bonds. The Morgan fingerprint density at radius 1 is 1.38 bits per heavy atom. The predicted octanol–water partition coefficient (Wildman–Crippen LogP) is 2.85. The molecule has 0 fully saturated rings. The fourth-order valence-corrected chi connectivity index (χ4v) is 0.811. The molecule has 0 aliphatic rings. The van der Waals surface area contributed by atoms with Crippen molar-refractivity contribution in [3.63, 3.8) is 0 Å². The molecule has 0 spiro atoms. The van der Waals surface area contributed by atoms with E-state index in [0.29, 0.717) is 5.69 Å². The second-order valence-corrected chi connectivity index (χ2v) is 2.46. The lowest BCUT2D eigenvalue weighted by atomic mass is 10.2. The van der Waals surface area contributed by atoms with E-state index in [1.54, 1.807) is 6.07 Å². The van der Waals surface area contributed by atoms with Crippen molar-refractivity contribution in [1.29, 1.82) is 0 Å². The summed E-state index contributed by atoms with van der Waals surface area (Å²) in [4.78, 5) is 10.6. The number of hydrogen-bond acceptors (Lipinski definition) is 3. The van der Waals surface area contributed by atoms with Crippen molar-refractivity contribution in [1.82, 2.24) is 0 Å². The van der Waals surface area contributed by atoms with Crippen molar-refractivity contribution in [2.75, 3.05) is 7.11 Å². The highest BCUT2D eigenvalue weighted by atomic mass is 16.5. The molecule has 0 aromatic heterocycles. The molecule has 0 saturated heterocycles. The summed E-state index contributed by atoms with van der Waals surface area (Å²) >= 11 is 0. The van der Waals surface area contributed by atoms with Crippen LogP contribution in [0.15, 0.2) is 34.5 Å². The van der Waals surface area contributed by atoms with Crippen molar-refractivity contribution in [3.05, 3.63) is 29.8 Å². The molecule has 0 saturated carbocycles. The van der Waals surface area contributed by atoms with Crippen LogP contribution >= 0.6 is 0 Å². The van der Waals surface area contributed by atoms with Crippen LogP contribution in [-0.2, 0) is 4.74 Å². The monoisotopic (exact) mass is 178 g/mol. The Hall–Kier alpha value is -1.71. The van der Waals surface area contributed by atoms with Crippen LogP contribution in [-0.4, -0.2) is 13.2 Å². The molecule has 1 rings (SSSR count). The summed E-state index contributed by atoms with van der Waals surface area (Å²) in [6.45, 7) is 1.89. The van der Waals surface area contributed by atoms with Gasteiger partial charge in [0.05, 0.1) is 12.8 Å². The third kappa shape index (κ3) is 2.66. The van der Waals surface area contributed by atoms with Crippen molar-refractivity contribution in [3.8, 4) is 0 Å². The van der Waals surface area contributed by atoms with E-state index in [1.807, 2.05) is 25.1 Å². The van der Waals surface area contributed by atoms with Gasteiger partial charge in [-0.1, -0.05) is 23.3 Å². The summed E-state index contributed by atoms with van der Waals surface area (Å²) < 4.78 is 4.31. The molecule has 0 atom stereocenters. The van der Waals surface area contributed by atoms with E-state index < -0.39 is 6.09 Å². The van der Waals surface area contributed by atoms with Gasteiger partial charge < -0.3 is 4.74 Å². The number of carbonyl (C=O) groups excluding carboxylic acids is 1. The maximum absolute atomic E-state index is 10.6. The maximum Gasteiger partial charge on any atom is 0.452 e. The van der Waals surface area contributed by atoms with Crippen LogP contribution in [0.4, 0.5) is 10.5 Å². The second kappa shape index (κ2) is 4.35. The number of ether oxygens (including phenoxy) is 1. The fourth-order valence-electron chi connectivity index (χ4n) is 0.811. The van der Waals surface area contributed by atoms with Crippen LogP contribution in [0.2, 0.25) is 0 Å². The molecule has 0 aliphatic carbocycles. The molecule has 0 N–H and O–H groups in total. The van der Waals surface area contributed by atoms with Crippen molar-refractivity contribution < 1.29 is 9.53 Å². The number of methoxy groups -OCH3 is 1. The number of rotatable bonds is 1. The lowest BCUT2D eigenvalue weighted by Gasteiger charge is -1.95. The summed E-state index contributed by atoms with van der Waals surface area (Å²) in [6, 6.07) is 7.40. The van der Waals surface area contributed by atoms with E-state index in [9.17, 15) is 4.79 Å². The van der Waals surface area contributed by atoms with E-state index in [-0.39, 0.29) is 0 Å². The number of nitrogens with zero attached hydrogens (tertiary/aromatic N) is 2. The lowest BCUT2D eigenvalue weighted by molar-refractivity contribution is 0.181. The number of azo groups is 1. The molecule has 0 radical (unpaired) electrons. The second-order valence-electron chi connectivity index (χ2n) is 2.46. The minimum absolute atomic E-state index is 0.674. The number of benzene rings is 1. The Balaban J connectivity index is 2.80. The summed E-state index contributed by atoms with van der Waals surface area (Å²) in [5, 5.41) is 7.06. The number of carbonyl (C=O) groups is 1. The van der Waals surface area contributed by atoms with Gasteiger partial charge in [0.2, 0.25) is 0 Å². The van der Waals surface area contributed by atoms with Gasteiger partial charge in [0.25, 0.3) is 0 Å². The molecular formula is C9H10N2O2. The first-order valence-electron chi connectivity index (χ1n) is 3.79. The average Bonchev–Trinajstić information content (AvgIpc) is 2.16. The highest BCUT2D eigenvalue weighted by molar-refractivity contribution is 5.67. The minimum Gasteiger partial charge on any atom is -0.450 e. The van der Waals surface area contributed by atoms with E-state index in [1.165, 1.54) is 7.11 Å². The number of amides is 1. The van der Waals surface area contributed by atoms with Gasteiger partial charge in [0, 0.05) is 0 Å². The van der Waals surface area contributed by atoms with E-state index in [0.717, 1.165) is 5.56 Å². The summed E-state index contributed by atoms with van der Waals surface area (Å²) in [5.74, 6) is 0. The van der Waals surface area contributed by atoms with Crippen molar-refractivity contribution in [2.45, 2.75) is 6.92 Å². The van der Waals surface area contributed by atoms with Gasteiger partial charge in [-0.15, -0.1) is 5.11 Å². The van der Waals surface area contributed by atoms with Crippen LogP contribution < -0.4 is 0 Å². The number of aryl methyl sites for hydroxylation is 1. The normalized spacial score (nSPS) is 10.3. The zero-order chi connectivity index (χ0) is 9.68. The first-order valence-corrected chi connectivity index (χ1v) is 3.79. The van der Waals surface area contributed by atoms with Gasteiger partial charge >= 0.3 is 6.09 Å². The molecular weight excluding hydrogens is 168 g/mol. The van der Waals surface area contributed by atoms with E-state index in [4.69, 9.17) is 0 Å². The molecule has 1 aromatic carbocycles. The number of hydrogen-bond donors (Lipinski definition) is 0. The molecule has 68 valence electrons. The zero-order valence-corrected chi connectivity index (χ0v) is 7.52. The fraction of sp³-hybridized carbons (Fsp3) is 0.222. The molecule has 13 heavy (non-hydrogen) atoms. The Bertz CT molecular complexity index is 334. The van der Waals surface area contributed by atoms with E-state index in [2.05, 4.69) is 15.0 Å². The zero-order valence-electron chi connectivity index (χ0n) is 7.52. The van der Waals surface area contributed by atoms with Crippen molar-refractivity contribution >= 4 is 11.8 Å². The quantitative estimate of drug-likeness (QED) is 0.621. The van der Waals surface area contributed by atoms with Crippen LogP contribution in [0.3, 0.4) is 0 Å². The lowest BCUT2D eigenvalue weighted by Crippen LogP contribution is -1.89.